The molecule has 3 aliphatic rings. The Morgan fingerprint density at radius 3 is 1.83 bits per heavy atom. The van der Waals surface area contributed by atoms with Gasteiger partial charge in [0.05, 0.1) is 77.5 Å². The van der Waals surface area contributed by atoms with Gasteiger partial charge in [-0.1, -0.05) is 45.0 Å². The summed E-state index contributed by atoms with van der Waals surface area (Å²) in [7, 11) is 8.86. The van der Waals surface area contributed by atoms with E-state index in [0.29, 0.717) is 24.3 Å². The number of anilines is 2. The topological polar surface area (TPSA) is 178 Å². The number of esters is 1. The van der Waals surface area contributed by atoms with Crippen LogP contribution in [0.3, 0.4) is 0 Å². The molecular weight excluding hydrogens is 993 g/mol. The molecule has 4 aromatic rings. The van der Waals surface area contributed by atoms with Gasteiger partial charge >= 0.3 is 5.97 Å². The molecule has 0 saturated carbocycles. The monoisotopic (exact) mass is 1080 g/mol. The second-order valence-corrected chi connectivity index (χ2v) is 22.7. The number of aromatic nitrogens is 2. The Labute approximate surface area is 453 Å². The lowest BCUT2D eigenvalue weighted by Crippen LogP contribution is -2.61. The lowest BCUT2D eigenvalue weighted by molar-refractivity contribution is -0.319. The molecule has 77 heavy (non-hydrogen) atoms. The SMILES string of the molecule is CO[C@]1(C)C[C@H](O[C@H]2[C@H](C)[C@@H](O[C@@H]3O[C@H](C)C[C@H](N(C)C)[C@H]3O)[C@@](C)(OC)C[C@@H](C)[C@H](O)[C@H](C)CN(C)[C@@H](CN(c3cncc(-c4ccc(F)cc4)c3)c3cncc(-c4ccc(F)cc4)c3)COC(=O)[C@@H]2C)O[C@@H](C)[C@@H]1O. The molecule has 5 heterocycles. The normalized spacial score (nSPS) is 35.2. The fourth-order valence-corrected chi connectivity index (χ4v) is 11.7. The first-order chi connectivity index (χ1) is 36.4. The van der Waals surface area contributed by atoms with Gasteiger partial charge in [0.1, 0.15) is 30.4 Å². The molecule has 16 nitrogen and oxygen atoms in total. The zero-order chi connectivity index (χ0) is 56.1. The van der Waals surface area contributed by atoms with E-state index in [9.17, 15) is 24.1 Å². The number of hydrogen-bond acceptors (Lipinski definition) is 16. The van der Waals surface area contributed by atoms with Crippen molar-refractivity contribution in [2.24, 2.45) is 23.7 Å². The minimum Gasteiger partial charge on any atom is -0.464 e. The molecule has 0 bridgehead atoms. The van der Waals surface area contributed by atoms with E-state index in [1.807, 2.05) is 77.7 Å². The second-order valence-electron chi connectivity index (χ2n) is 22.7. The van der Waals surface area contributed by atoms with Gasteiger partial charge in [0.15, 0.2) is 12.6 Å². The Morgan fingerprint density at radius 1 is 0.740 bits per heavy atom. The molecule has 3 fully saturated rings. The number of aliphatic hydroxyl groups is 3. The number of methoxy groups -OCH3 is 2. The highest BCUT2D eigenvalue weighted by molar-refractivity contribution is 5.75. The van der Waals surface area contributed by atoms with Gasteiger partial charge in [0, 0.05) is 69.2 Å². The van der Waals surface area contributed by atoms with Crippen LogP contribution in [0.15, 0.2) is 85.5 Å². The number of nitrogens with zero attached hydrogens (tertiary/aromatic N) is 5. The Morgan fingerprint density at radius 2 is 1.30 bits per heavy atom. The summed E-state index contributed by atoms with van der Waals surface area (Å²) in [5.41, 5.74) is 2.05. The number of rotatable bonds is 13. The van der Waals surface area contributed by atoms with Gasteiger partial charge in [0.2, 0.25) is 0 Å². The summed E-state index contributed by atoms with van der Waals surface area (Å²) in [5, 5.41) is 35.5. The van der Waals surface area contributed by atoms with Crippen molar-refractivity contribution >= 4 is 17.3 Å². The molecule has 18 heteroatoms. The summed E-state index contributed by atoms with van der Waals surface area (Å²) in [4.78, 5) is 30.4. The largest absolute Gasteiger partial charge is 0.464 e. The fraction of sp³-hybridized carbons (Fsp3) is 0.610. The minimum atomic E-state index is -1.18. The molecule has 0 aliphatic carbocycles. The van der Waals surface area contributed by atoms with Crippen LogP contribution in [0.4, 0.5) is 20.2 Å². The van der Waals surface area contributed by atoms with E-state index in [0.717, 1.165) is 22.3 Å². The minimum absolute atomic E-state index is 0.113. The summed E-state index contributed by atoms with van der Waals surface area (Å²) in [5.74, 6) is -3.71. The first-order valence-corrected chi connectivity index (χ1v) is 26.9. The summed E-state index contributed by atoms with van der Waals surface area (Å²) in [6.45, 7) is 15.5. The summed E-state index contributed by atoms with van der Waals surface area (Å²) in [6.07, 6.45) is -0.0405. The third kappa shape index (κ3) is 14.1. The van der Waals surface area contributed by atoms with Gasteiger partial charge in [-0.2, -0.15) is 0 Å². The molecular formula is C59H83F2N5O11. The second kappa shape index (κ2) is 25.7. The molecule has 7 rings (SSSR count). The third-order valence-corrected chi connectivity index (χ3v) is 16.6. The number of pyridine rings is 2. The predicted molar refractivity (Wildman–Crippen MR) is 289 cm³/mol. The number of likely N-dealkylation sites (N-methyl/N-ethyl adjacent to an activating group) is 2. The van der Waals surface area contributed by atoms with Crippen LogP contribution in [-0.2, 0) is 38.0 Å². The van der Waals surface area contributed by atoms with Gasteiger partial charge in [-0.3, -0.25) is 19.7 Å². The fourth-order valence-electron chi connectivity index (χ4n) is 11.7. The highest BCUT2D eigenvalue weighted by Crippen LogP contribution is 2.42. The van der Waals surface area contributed by atoms with Gasteiger partial charge in [-0.05, 0) is 128 Å². The van der Waals surface area contributed by atoms with Crippen molar-refractivity contribution in [3.05, 3.63) is 97.1 Å². The molecule has 2 aromatic heterocycles. The van der Waals surface area contributed by atoms with E-state index in [4.69, 9.17) is 33.2 Å². The number of cyclic esters (lactones) is 1. The van der Waals surface area contributed by atoms with E-state index in [1.54, 1.807) is 76.9 Å². The van der Waals surface area contributed by atoms with Gasteiger partial charge < -0.3 is 58.3 Å². The summed E-state index contributed by atoms with van der Waals surface area (Å²) < 4.78 is 74.0. The van der Waals surface area contributed by atoms with Crippen LogP contribution in [0.2, 0.25) is 0 Å². The van der Waals surface area contributed by atoms with Gasteiger partial charge in [-0.15, -0.1) is 0 Å². The summed E-state index contributed by atoms with van der Waals surface area (Å²) in [6, 6.07) is 15.4. The molecule has 2 aromatic carbocycles. The van der Waals surface area contributed by atoms with E-state index >= 15 is 4.79 Å². The molecule has 424 valence electrons. The van der Waals surface area contributed by atoms with Gasteiger partial charge in [-0.25, -0.2) is 8.78 Å². The molecule has 0 radical (unpaired) electrons. The van der Waals surface area contributed by atoms with Crippen LogP contribution >= 0.6 is 0 Å². The maximum absolute atomic E-state index is 15.1. The van der Waals surface area contributed by atoms with Crippen LogP contribution in [0.25, 0.3) is 22.3 Å². The maximum Gasteiger partial charge on any atom is 0.311 e. The zero-order valence-corrected chi connectivity index (χ0v) is 47.1. The van der Waals surface area contributed by atoms with Crippen molar-refractivity contribution in [1.29, 1.82) is 0 Å². The van der Waals surface area contributed by atoms with Crippen LogP contribution in [-0.4, -0.2) is 175 Å². The van der Waals surface area contributed by atoms with Crippen LogP contribution in [0.5, 0.6) is 0 Å². The van der Waals surface area contributed by atoms with Crippen molar-refractivity contribution in [2.45, 2.75) is 153 Å². The number of ether oxygens (including phenoxy) is 7. The van der Waals surface area contributed by atoms with E-state index in [1.165, 1.54) is 31.4 Å². The van der Waals surface area contributed by atoms with E-state index in [2.05, 4.69) is 14.9 Å². The quantitative estimate of drug-likeness (QED) is 0.110. The van der Waals surface area contributed by atoms with Crippen molar-refractivity contribution in [3.8, 4) is 22.3 Å². The highest BCUT2D eigenvalue weighted by atomic mass is 19.1. The average molecular weight is 1080 g/mol. The Hall–Kier alpha value is -4.57. The zero-order valence-electron chi connectivity index (χ0n) is 47.1. The van der Waals surface area contributed by atoms with Crippen LogP contribution in [0.1, 0.15) is 74.7 Å². The number of benzene rings is 2. The molecule has 17 atom stereocenters. The number of hydrogen-bond donors (Lipinski definition) is 3. The number of aliphatic hydroxyl groups excluding tert-OH is 3. The number of carbonyl (C=O) groups excluding carboxylic acids is 1. The molecule has 3 aliphatic heterocycles. The average Bonchev–Trinajstić information content (AvgIpc) is 3.41. The number of carbonyl (C=O) groups is 1. The van der Waals surface area contributed by atoms with E-state index in [-0.39, 0.29) is 61.6 Å². The van der Waals surface area contributed by atoms with Crippen LogP contribution in [0, 0.1) is 35.3 Å². The lowest BCUT2D eigenvalue weighted by Gasteiger charge is -2.49. The maximum atomic E-state index is 15.1. The molecule has 0 unspecified atom stereocenters. The predicted octanol–water partition coefficient (Wildman–Crippen LogP) is 7.88. The Balaban J connectivity index is 1.31. The first kappa shape index (κ1) is 60.1. The summed E-state index contributed by atoms with van der Waals surface area (Å²) >= 11 is 0. The van der Waals surface area contributed by atoms with Crippen molar-refractivity contribution in [2.75, 3.05) is 60.0 Å². The lowest BCUT2D eigenvalue weighted by atomic mass is 9.75. The van der Waals surface area contributed by atoms with Gasteiger partial charge in [0.25, 0.3) is 0 Å². The van der Waals surface area contributed by atoms with Crippen LogP contribution < -0.4 is 4.90 Å². The molecule has 3 N–H and O–H groups in total. The van der Waals surface area contributed by atoms with Crippen molar-refractivity contribution in [3.63, 3.8) is 0 Å². The molecule has 3 saturated heterocycles. The van der Waals surface area contributed by atoms with Crippen molar-refractivity contribution in [1.82, 2.24) is 19.8 Å². The van der Waals surface area contributed by atoms with E-state index < -0.39 is 84.3 Å². The standard InChI is InChI=1S/C59H83F2N5O11/c1-34-25-59(8,72-13)55(77-57-52(68)49(64(9)10)22-36(3)74-57)37(4)53(76-50-26-58(7,71-12)54(69)39(6)75-50)38(5)56(70)73-33-48(65(11)31-35(2)51(34)67)32-66(46-23-42(27-62-29-46)40-14-18-44(60)19-15-40)47-24-43(28-63-30-47)41-16-20-45(61)21-17-41/h14-21,23-24,27-30,34-39,48-55,57,67-69H,22,25-26,31-33H2,1-13H3/t34-,35-,36-,37+,38-,39+,48+,49+,50+,51+,52-,53+,54+,55-,57+,58-,59+/m1/s1. The molecule has 0 spiro atoms. The molecule has 0 amide bonds. The smallest absolute Gasteiger partial charge is 0.311 e. The highest BCUT2D eigenvalue weighted by Gasteiger charge is 2.52. The Kier molecular flexibility index (Phi) is 20.0. The Bertz CT molecular complexity index is 2440. The number of halogens is 2. The first-order valence-electron chi connectivity index (χ1n) is 26.9. The van der Waals surface area contributed by atoms with Crippen molar-refractivity contribution < 1.29 is 62.1 Å². The third-order valence-electron chi connectivity index (χ3n) is 16.6.